The van der Waals surface area contributed by atoms with Crippen LogP contribution in [0.3, 0.4) is 0 Å². The summed E-state index contributed by atoms with van der Waals surface area (Å²) in [4.78, 5) is 11.9. The molecule has 0 aliphatic carbocycles. The van der Waals surface area contributed by atoms with Gasteiger partial charge in [0.2, 0.25) is 5.13 Å². The van der Waals surface area contributed by atoms with Crippen molar-refractivity contribution < 1.29 is 14.3 Å². The number of ether oxygens (including phenoxy) is 2. The molecule has 1 aliphatic heterocycles. The van der Waals surface area contributed by atoms with Crippen molar-refractivity contribution >= 4 is 22.4 Å². The van der Waals surface area contributed by atoms with Gasteiger partial charge < -0.3 is 9.47 Å². The molecular formula is C16H19N3O3S. The molecule has 1 aromatic heterocycles. The lowest BCUT2D eigenvalue weighted by Gasteiger charge is -2.07. The molecule has 6 nitrogen and oxygen atoms in total. The molecule has 1 amide bonds. The summed E-state index contributed by atoms with van der Waals surface area (Å²) in [5.74, 6) is 0.742. The molecule has 1 unspecified atom stereocenters. The maximum absolute atomic E-state index is 11.9. The van der Waals surface area contributed by atoms with Crippen LogP contribution in [0, 0.1) is 0 Å². The fourth-order valence-corrected chi connectivity index (χ4v) is 3.09. The summed E-state index contributed by atoms with van der Waals surface area (Å²) in [5, 5.41) is 12.3. The van der Waals surface area contributed by atoms with E-state index in [2.05, 4.69) is 15.5 Å². The van der Waals surface area contributed by atoms with E-state index in [1.807, 2.05) is 30.3 Å². The monoisotopic (exact) mass is 333 g/mol. The van der Waals surface area contributed by atoms with E-state index in [4.69, 9.17) is 9.47 Å². The minimum Gasteiger partial charge on any atom is -0.494 e. The standard InChI is InChI=1S/C16H19N3O3S/c20-15(13-8-4-11-22-13)17-16-19-18-14(23-16)9-5-10-21-12-6-2-1-3-7-12/h1-3,6-7,13H,4-5,8-11H2,(H,17,19,20). The van der Waals surface area contributed by atoms with Gasteiger partial charge in [0.05, 0.1) is 6.61 Å². The Morgan fingerprint density at radius 2 is 2.22 bits per heavy atom. The van der Waals surface area contributed by atoms with E-state index in [1.54, 1.807) is 0 Å². The second-order valence-corrected chi connectivity index (χ2v) is 6.32. The number of amides is 1. The molecule has 2 aromatic rings. The van der Waals surface area contributed by atoms with Crippen LogP contribution in [-0.4, -0.2) is 35.4 Å². The molecule has 0 bridgehead atoms. The first-order chi connectivity index (χ1) is 11.3. The minimum atomic E-state index is -0.346. The Labute approximate surface area is 138 Å². The molecule has 0 radical (unpaired) electrons. The Bertz CT molecular complexity index is 627. The van der Waals surface area contributed by atoms with Crippen molar-refractivity contribution in [1.29, 1.82) is 0 Å². The maximum atomic E-state index is 11.9. The number of carbonyl (C=O) groups excluding carboxylic acids is 1. The number of nitrogens with one attached hydrogen (secondary N) is 1. The van der Waals surface area contributed by atoms with Crippen molar-refractivity contribution in [1.82, 2.24) is 10.2 Å². The second-order valence-electron chi connectivity index (χ2n) is 5.26. The summed E-state index contributed by atoms with van der Waals surface area (Å²) >= 11 is 1.40. The van der Waals surface area contributed by atoms with Crippen LogP contribution in [0.1, 0.15) is 24.3 Å². The van der Waals surface area contributed by atoms with Crippen LogP contribution >= 0.6 is 11.3 Å². The molecule has 1 saturated heterocycles. The minimum absolute atomic E-state index is 0.127. The summed E-state index contributed by atoms with van der Waals surface area (Å²) in [6.07, 6.45) is 2.99. The Kier molecular flexibility index (Phi) is 5.55. The van der Waals surface area contributed by atoms with Crippen molar-refractivity contribution in [2.45, 2.75) is 31.8 Å². The van der Waals surface area contributed by atoms with E-state index in [0.29, 0.717) is 18.3 Å². The van der Waals surface area contributed by atoms with Gasteiger partial charge in [-0.25, -0.2) is 0 Å². The molecule has 122 valence electrons. The third-order valence-electron chi connectivity index (χ3n) is 3.47. The number of para-hydroxylation sites is 1. The number of nitrogens with zero attached hydrogens (tertiary/aromatic N) is 2. The van der Waals surface area contributed by atoms with E-state index in [-0.39, 0.29) is 12.0 Å². The van der Waals surface area contributed by atoms with Crippen LogP contribution in [0.25, 0.3) is 0 Å². The molecule has 0 saturated carbocycles. The van der Waals surface area contributed by atoms with Gasteiger partial charge in [-0.1, -0.05) is 29.5 Å². The van der Waals surface area contributed by atoms with Gasteiger partial charge in [0, 0.05) is 13.0 Å². The largest absolute Gasteiger partial charge is 0.494 e. The maximum Gasteiger partial charge on any atom is 0.255 e. The van der Waals surface area contributed by atoms with Gasteiger partial charge in [0.1, 0.15) is 16.9 Å². The molecule has 1 fully saturated rings. The number of anilines is 1. The Hall–Kier alpha value is -1.99. The van der Waals surface area contributed by atoms with Gasteiger partial charge in [-0.2, -0.15) is 0 Å². The zero-order valence-corrected chi connectivity index (χ0v) is 13.6. The third kappa shape index (κ3) is 4.74. The fraction of sp³-hybridized carbons (Fsp3) is 0.438. The lowest BCUT2D eigenvalue weighted by molar-refractivity contribution is -0.124. The molecule has 1 atom stereocenters. The molecule has 23 heavy (non-hydrogen) atoms. The van der Waals surface area contributed by atoms with Crippen molar-refractivity contribution in [2.75, 3.05) is 18.5 Å². The highest BCUT2D eigenvalue weighted by molar-refractivity contribution is 7.15. The first kappa shape index (κ1) is 15.9. The normalized spacial score (nSPS) is 17.1. The second kappa shape index (κ2) is 8.03. The number of rotatable bonds is 7. The predicted molar refractivity (Wildman–Crippen MR) is 87.8 cm³/mol. The van der Waals surface area contributed by atoms with Crippen molar-refractivity contribution in [3.63, 3.8) is 0 Å². The van der Waals surface area contributed by atoms with E-state index in [9.17, 15) is 4.79 Å². The summed E-state index contributed by atoms with van der Waals surface area (Å²) in [7, 11) is 0. The van der Waals surface area contributed by atoms with E-state index >= 15 is 0 Å². The Balaban J connectivity index is 1.39. The lowest BCUT2D eigenvalue weighted by Crippen LogP contribution is -2.26. The van der Waals surface area contributed by atoms with Crippen LogP contribution in [-0.2, 0) is 16.0 Å². The molecule has 1 aliphatic rings. The van der Waals surface area contributed by atoms with Gasteiger partial charge in [-0.05, 0) is 31.4 Å². The number of aryl methyl sites for hydroxylation is 1. The van der Waals surface area contributed by atoms with Gasteiger partial charge in [-0.15, -0.1) is 10.2 Å². The third-order valence-corrected chi connectivity index (χ3v) is 4.36. The topological polar surface area (TPSA) is 73.3 Å². The summed E-state index contributed by atoms with van der Waals surface area (Å²) in [6.45, 7) is 1.28. The lowest BCUT2D eigenvalue weighted by atomic mass is 10.2. The zero-order chi connectivity index (χ0) is 15.9. The van der Waals surface area contributed by atoms with Crippen molar-refractivity contribution in [3.8, 4) is 5.75 Å². The molecule has 1 N–H and O–H groups in total. The van der Waals surface area contributed by atoms with E-state index in [1.165, 1.54) is 11.3 Å². The number of aromatic nitrogens is 2. The number of hydrogen-bond donors (Lipinski definition) is 1. The average molecular weight is 333 g/mol. The summed E-state index contributed by atoms with van der Waals surface area (Å²) < 4.78 is 11.0. The van der Waals surface area contributed by atoms with Crippen LogP contribution < -0.4 is 10.1 Å². The molecule has 1 aromatic carbocycles. The Morgan fingerprint density at radius 1 is 1.35 bits per heavy atom. The van der Waals surface area contributed by atoms with Crippen molar-refractivity contribution in [3.05, 3.63) is 35.3 Å². The predicted octanol–water partition coefficient (Wildman–Crippen LogP) is 2.67. The number of benzene rings is 1. The SMILES string of the molecule is O=C(Nc1nnc(CCCOc2ccccc2)s1)C1CCCO1. The van der Waals surface area contributed by atoms with Crippen molar-refractivity contribution in [2.24, 2.45) is 0 Å². The molecule has 2 heterocycles. The zero-order valence-electron chi connectivity index (χ0n) is 12.7. The first-order valence-electron chi connectivity index (χ1n) is 7.74. The van der Waals surface area contributed by atoms with Crippen LogP contribution in [0.5, 0.6) is 5.75 Å². The highest BCUT2D eigenvalue weighted by Crippen LogP contribution is 2.19. The average Bonchev–Trinajstić information content (AvgIpc) is 3.24. The molecule has 7 heteroatoms. The summed E-state index contributed by atoms with van der Waals surface area (Å²) in [5.41, 5.74) is 0. The molecule has 3 rings (SSSR count). The van der Waals surface area contributed by atoms with E-state index < -0.39 is 0 Å². The van der Waals surface area contributed by atoms with Gasteiger partial charge in [-0.3, -0.25) is 10.1 Å². The highest BCUT2D eigenvalue weighted by atomic mass is 32.1. The van der Waals surface area contributed by atoms with E-state index in [0.717, 1.165) is 36.4 Å². The van der Waals surface area contributed by atoms with Crippen LogP contribution in [0.2, 0.25) is 0 Å². The quantitative estimate of drug-likeness (QED) is 0.789. The molecule has 0 spiro atoms. The smallest absolute Gasteiger partial charge is 0.255 e. The van der Waals surface area contributed by atoms with Gasteiger partial charge in [0.25, 0.3) is 5.91 Å². The van der Waals surface area contributed by atoms with Crippen LogP contribution in [0.4, 0.5) is 5.13 Å². The van der Waals surface area contributed by atoms with Crippen LogP contribution in [0.15, 0.2) is 30.3 Å². The number of carbonyl (C=O) groups is 1. The number of hydrogen-bond acceptors (Lipinski definition) is 6. The fourth-order valence-electron chi connectivity index (χ4n) is 2.31. The Morgan fingerprint density at radius 3 is 3.00 bits per heavy atom. The van der Waals surface area contributed by atoms with Gasteiger partial charge >= 0.3 is 0 Å². The van der Waals surface area contributed by atoms with Gasteiger partial charge in [0.15, 0.2) is 0 Å². The summed E-state index contributed by atoms with van der Waals surface area (Å²) in [6, 6.07) is 9.72. The molecular weight excluding hydrogens is 314 g/mol. The highest BCUT2D eigenvalue weighted by Gasteiger charge is 2.24. The first-order valence-corrected chi connectivity index (χ1v) is 8.55.